The molecule has 0 spiro atoms. The van der Waals surface area contributed by atoms with Crippen molar-refractivity contribution in [1.29, 1.82) is 0 Å². The van der Waals surface area contributed by atoms with Crippen molar-refractivity contribution >= 4 is 34.7 Å². The number of methoxy groups -OCH3 is 1. The predicted octanol–water partition coefficient (Wildman–Crippen LogP) is 3.79. The number of fused-ring (bicyclic) bond motifs is 2. The van der Waals surface area contributed by atoms with Gasteiger partial charge in [0.1, 0.15) is 0 Å². The van der Waals surface area contributed by atoms with Gasteiger partial charge in [0.25, 0.3) is 0 Å². The van der Waals surface area contributed by atoms with Crippen molar-refractivity contribution in [2.45, 2.75) is 31.3 Å². The van der Waals surface area contributed by atoms with E-state index in [0.717, 1.165) is 36.0 Å². The van der Waals surface area contributed by atoms with E-state index in [0.29, 0.717) is 16.1 Å². The van der Waals surface area contributed by atoms with E-state index in [1.165, 1.54) is 7.11 Å². The highest BCUT2D eigenvalue weighted by atomic mass is 35.5. The van der Waals surface area contributed by atoms with Crippen LogP contribution < -0.4 is 0 Å². The number of hydrogen-bond acceptors (Lipinski definition) is 3. The number of ether oxygens (including phenoxy) is 1. The Morgan fingerprint density at radius 1 is 1.29 bits per heavy atom. The summed E-state index contributed by atoms with van der Waals surface area (Å²) in [5, 5.41) is 1.04. The van der Waals surface area contributed by atoms with Crippen LogP contribution in [-0.2, 0) is 9.53 Å². The molecule has 2 aliphatic rings. The fourth-order valence-electron chi connectivity index (χ4n) is 3.48. The van der Waals surface area contributed by atoms with Crippen LogP contribution in [0.15, 0.2) is 23.8 Å². The molecule has 2 atom stereocenters. The highest BCUT2D eigenvalue weighted by Gasteiger charge is 2.42. The molecule has 1 saturated heterocycles. The minimum absolute atomic E-state index is 0.139. The van der Waals surface area contributed by atoms with E-state index in [2.05, 4.69) is 11.9 Å². The highest BCUT2D eigenvalue weighted by Crippen LogP contribution is 2.43. The van der Waals surface area contributed by atoms with Crippen LogP contribution >= 0.6 is 23.2 Å². The fourth-order valence-corrected chi connectivity index (χ4v) is 3.78. The largest absolute Gasteiger partial charge is 0.466 e. The number of benzene rings is 1. The molecular formula is C16H17Cl2NO2. The molecular weight excluding hydrogens is 309 g/mol. The van der Waals surface area contributed by atoms with Gasteiger partial charge in [0.2, 0.25) is 0 Å². The quantitative estimate of drug-likeness (QED) is 0.775. The lowest BCUT2D eigenvalue weighted by Crippen LogP contribution is -2.40. The van der Waals surface area contributed by atoms with E-state index in [9.17, 15) is 4.79 Å². The van der Waals surface area contributed by atoms with Crippen molar-refractivity contribution in [3.8, 4) is 0 Å². The van der Waals surface area contributed by atoms with Crippen LogP contribution in [0, 0.1) is 0 Å². The molecule has 0 aliphatic carbocycles. The lowest BCUT2D eigenvalue weighted by Gasteiger charge is -2.34. The zero-order valence-corrected chi connectivity index (χ0v) is 13.5. The maximum Gasteiger partial charge on any atom is 0.335 e. The number of hydrogen-bond donors (Lipinski definition) is 0. The van der Waals surface area contributed by atoms with Gasteiger partial charge in [0.15, 0.2) is 0 Å². The SMILES string of the molecule is COC(=O)C1=C(c2ccc(Cl)c(Cl)c2)C[C@H]2CC[C@H]1N2C. The molecule has 0 N–H and O–H groups in total. The first-order chi connectivity index (χ1) is 10.0. The van der Waals surface area contributed by atoms with Gasteiger partial charge in [-0.2, -0.15) is 0 Å². The molecule has 2 bridgehead atoms. The Labute approximate surface area is 134 Å². The van der Waals surface area contributed by atoms with Crippen molar-refractivity contribution in [3.05, 3.63) is 39.4 Å². The number of carbonyl (C=O) groups is 1. The standard InChI is InChI=1S/C16H17Cl2NO2/c1-19-10-4-6-14(19)15(16(20)21-2)11(8-10)9-3-5-12(17)13(18)7-9/h3,5,7,10,14H,4,6,8H2,1-2H3/t10-,14-/m1/s1. The number of rotatable bonds is 2. The van der Waals surface area contributed by atoms with Gasteiger partial charge >= 0.3 is 5.97 Å². The minimum Gasteiger partial charge on any atom is -0.466 e. The predicted molar refractivity (Wildman–Crippen MR) is 84.6 cm³/mol. The summed E-state index contributed by atoms with van der Waals surface area (Å²) in [5.41, 5.74) is 2.79. The molecule has 0 unspecified atom stereocenters. The summed E-state index contributed by atoms with van der Waals surface area (Å²) in [5.74, 6) is -0.242. The van der Waals surface area contributed by atoms with E-state index in [-0.39, 0.29) is 12.0 Å². The summed E-state index contributed by atoms with van der Waals surface area (Å²) in [4.78, 5) is 14.6. The normalized spacial score (nSPS) is 25.3. The summed E-state index contributed by atoms with van der Waals surface area (Å²) >= 11 is 12.1. The van der Waals surface area contributed by atoms with Crippen LogP contribution in [0.2, 0.25) is 10.0 Å². The molecule has 112 valence electrons. The zero-order chi connectivity index (χ0) is 15.1. The third kappa shape index (κ3) is 2.48. The maximum atomic E-state index is 12.3. The Kier molecular flexibility index (Phi) is 4.00. The number of carbonyl (C=O) groups excluding carboxylic acids is 1. The topological polar surface area (TPSA) is 29.5 Å². The molecule has 5 heteroatoms. The van der Waals surface area contributed by atoms with Crippen molar-refractivity contribution in [2.75, 3.05) is 14.2 Å². The molecule has 3 rings (SSSR count). The monoisotopic (exact) mass is 325 g/mol. The second-order valence-corrected chi connectivity index (χ2v) is 6.44. The van der Waals surface area contributed by atoms with E-state index < -0.39 is 0 Å². The molecule has 1 aromatic rings. The molecule has 2 aliphatic heterocycles. The van der Waals surface area contributed by atoms with Crippen molar-refractivity contribution in [1.82, 2.24) is 4.90 Å². The lowest BCUT2D eigenvalue weighted by molar-refractivity contribution is -0.136. The van der Waals surface area contributed by atoms with Crippen LogP contribution in [0.4, 0.5) is 0 Å². The Hall–Kier alpha value is -1.03. The molecule has 0 radical (unpaired) electrons. The van der Waals surface area contributed by atoms with Crippen LogP contribution in [0.3, 0.4) is 0 Å². The van der Waals surface area contributed by atoms with E-state index in [4.69, 9.17) is 27.9 Å². The summed E-state index contributed by atoms with van der Waals surface area (Å²) in [6.07, 6.45) is 2.94. The summed E-state index contributed by atoms with van der Waals surface area (Å²) in [6.45, 7) is 0. The summed E-state index contributed by atoms with van der Waals surface area (Å²) in [7, 11) is 3.51. The average Bonchev–Trinajstić information content (AvgIpc) is 2.72. The third-order valence-electron chi connectivity index (χ3n) is 4.61. The smallest absolute Gasteiger partial charge is 0.335 e. The Morgan fingerprint density at radius 3 is 2.71 bits per heavy atom. The van der Waals surface area contributed by atoms with Crippen LogP contribution in [0.5, 0.6) is 0 Å². The van der Waals surface area contributed by atoms with Gasteiger partial charge in [-0.1, -0.05) is 29.3 Å². The average molecular weight is 326 g/mol. The van der Waals surface area contributed by atoms with Crippen molar-refractivity contribution in [2.24, 2.45) is 0 Å². The molecule has 1 aromatic carbocycles. The molecule has 2 heterocycles. The maximum absolute atomic E-state index is 12.3. The Bertz CT molecular complexity index is 627. The summed E-state index contributed by atoms with van der Waals surface area (Å²) in [6, 6.07) is 6.17. The molecule has 0 saturated carbocycles. The van der Waals surface area contributed by atoms with Gasteiger partial charge in [0.05, 0.1) is 22.7 Å². The first-order valence-corrected chi connectivity index (χ1v) is 7.77. The minimum atomic E-state index is -0.242. The van der Waals surface area contributed by atoms with Crippen molar-refractivity contribution < 1.29 is 9.53 Å². The Morgan fingerprint density at radius 2 is 2.05 bits per heavy atom. The Balaban J connectivity index is 2.13. The zero-order valence-electron chi connectivity index (χ0n) is 12.0. The van der Waals surface area contributed by atoms with Crippen LogP contribution in [-0.4, -0.2) is 37.1 Å². The van der Waals surface area contributed by atoms with Gasteiger partial charge in [0, 0.05) is 12.1 Å². The molecule has 21 heavy (non-hydrogen) atoms. The number of nitrogens with zero attached hydrogens (tertiary/aromatic N) is 1. The van der Waals surface area contributed by atoms with Crippen molar-refractivity contribution in [3.63, 3.8) is 0 Å². The van der Waals surface area contributed by atoms with Gasteiger partial charge in [-0.3, -0.25) is 4.90 Å². The van der Waals surface area contributed by atoms with Crippen LogP contribution in [0.1, 0.15) is 24.8 Å². The second-order valence-electron chi connectivity index (χ2n) is 5.63. The molecule has 0 amide bonds. The molecule has 3 nitrogen and oxygen atoms in total. The van der Waals surface area contributed by atoms with Crippen LogP contribution in [0.25, 0.3) is 5.57 Å². The molecule has 1 fully saturated rings. The van der Waals surface area contributed by atoms with Gasteiger partial charge in [-0.25, -0.2) is 4.79 Å². The first kappa shape index (κ1) is 14.9. The molecule has 0 aromatic heterocycles. The number of likely N-dealkylation sites (N-methyl/N-ethyl adjacent to an activating group) is 1. The lowest BCUT2D eigenvalue weighted by atomic mass is 9.88. The first-order valence-electron chi connectivity index (χ1n) is 7.01. The summed E-state index contributed by atoms with van der Waals surface area (Å²) < 4.78 is 5.01. The van der Waals surface area contributed by atoms with Gasteiger partial charge < -0.3 is 4.74 Å². The number of esters is 1. The number of halogens is 2. The van der Waals surface area contributed by atoms with E-state index in [1.54, 1.807) is 6.07 Å². The van der Waals surface area contributed by atoms with Gasteiger partial charge in [-0.15, -0.1) is 0 Å². The van der Waals surface area contributed by atoms with E-state index >= 15 is 0 Å². The second kappa shape index (κ2) is 5.64. The van der Waals surface area contributed by atoms with Gasteiger partial charge in [-0.05, 0) is 49.6 Å². The van der Waals surface area contributed by atoms with E-state index in [1.807, 2.05) is 12.1 Å². The highest BCUT2D eigenvalue weighted by molar-refractivity contribution is 6.42. The fraction of sp³-hybridized carbons (Fsp3) is 0.438. The third-order valence-corrected chi connectivity index (χ3v) is 5.35.